The number of Topliss-reactive ketones (excluding diaryl/α,β-unsaturated/α-hetero) is 1. The van der Waals surface area contributed by atoms with Crippen LogP contribution in [-0.4, -0.2) is 64.4 Å². The molecule has 1 aromatic heterocycles. The minimum atomic E-state index is -0.747. The number of rotatable bonds is 7. The average molecular weight is 467 g/mol. The number of carbonyl (C=O) groups excluding carboxylic acids is 3. The maximum absolute atomic E-state index is 13.4. The lowest BCUT2D eigenvalue weighted by molar-refractivity contribution is -0.126. The van der Waals surface area contributed by atoms with Crippen LogP contribution in [0.4, 0.5) is 4.79 Å². The van der Waals surface area contributed by atoms with E-state index in [9.17, 15) is 14.4 Å². The number of ketones is 1. The predicted molar refractivity (Wildman–Crippen MR) is 119 cm³/mol. The first kappa shape index (κ1) is 24.5. The highest BCUT2D eigenvalue weighted by Crippen LogP contribution is 2.28. The molecule has 2 fully saturated rings. The van der Waals surface area contributed by atoms with E-state index in [0.29, 0.717) is 31.2 Å². The Morgan fingerprint density at radius 1 is 1.06 bits per heavy atom. The summed E-state index contributed by atoms with van der Waals surface area (Å²) in [6.07, 6.45) is 6.86. The summed E-state index contributed by atoms with van der Waals surface area (Å²) in [4.78, 5) is 39.9. The lowest BCUT2D eigenvalue weighted by atomic mass is 9.86. The molecule has 2 amide bonds. The van der Waals surface area contributed by atoms with Crippen molar-refractivity contribution in [2.45, 2.75) is 81.7 Å². The van der Waals surface area contributed by atoms with E-state index in [2.05, 4.69) is 15.5 Å². The van der Waals surface area contributed by atoms with E-state index in [0.717, 1.165) is 38.5 Å². The SMILES string of the molecule is COC(=O)N1CCC(C(NC(=O)C2CCCCCC2)C(=O)c2nnc(SC(C)C)o2)CC1. The number of amides is 2. The van der Waals surface area contributed by atoms with E-state index in [1.54, 1.807) is 4.90 Å². The predicted octanol–water partition coefficient (Wildman–Crippen LogP) is 3.69. The van der Waals surface area contributed by atoms with E-state index in [1.807, 2.05) is 13.8 Å². The van der Waals surface area contributed by atoms with E-state index in [-0.39, 0.29) is 40.8 Å². The molecule has 1 atom stereocenters. The van der Waals surface area contributed by atoms with Crippen LogP contribution in [0.2, 0.25) is 0 Å². The van der Waals surface area contributed by atoms with Crippen LogP contribution in [0.1, 0.15) is 75.9 Å². The number of thioether (sulfide) groups is 1. The zero-order valence-electron chi connectivity index (χ0n) is 19.2. The standard InChI is InChI=1S/C22H34N4O5S/c1-14(2)32-21-25-24-20(31-21)18(27)17(15-10-12-26(13-11-15)22(29)30-3)23-19(28)16-8-6-4-5-7-9-16/h14-17H,4-13H2,1-3H3,(H,23,28). The van der Waals surface area contributed by atoms with E-state index < -0.39 is 6.04 Å². The van der Waals surface area contributed by atoms with Crippen LogP contribution in [-0.2, 0) is 9.53 Å². The molecule has 1 aliphatic carbocycles. The van der Waals surface area contributed by atoms with Gasteiger partial charge in [0.05, 0.1) is 7.11 Å². The molecular formula is C22H34N4O5S. The van der Waals surface area contributed by atoms with Gasteiger partial charge in [-0.2, -0.15) is 0 Å². The number of carbonyl (C=O) groups is 3. The Balaban J connectivity index is 1.74. The molecule has 2 heterocycles. The van der Waals surface area contributed by atoms with Gasteiger partial charge in [0.15, 0.2) is 0 Å². The fraction of sp³-hybridized carbons (Fsp3) is 0.773. The fourth-order valence-electron chi connectivity index (χ4n) is 4.45. The number of piperidine rings is 1. The molecule has 0 bridgehead atoms. The first-order valence-corrected chi connectivity index (χ1v) is 12.4. The van der Waals surface area contributed by atoms with Crippen LogP contribution in [0.25, 0.3) is 0 Å². The molecule has 0 radical (unpaired) electrons. The summed E-state index contributed by atoms with van der Waals surface area (Å²) in [5.74, 6) is -0.692. The third kappa shape index (κ3) is 6.46. The summed E-state index contributed by atoms with van der Waals surface area (Å²) in [6.45, 7) is 4.94. The maximum Gasteiger partial charge on any atom is 0.409 e. The van der Waals surface area contributed by atoms with Gasteiger partial charge in [-0.05, 0) is 31.6 Å². The summed E-state index contributed by atoms with van der Waals surface area (Å²) >= 11 is 1.39. The van der Waals surface area contributed by atoms with Crippen molar-refractivity contribution in [2.75, 3.05) is 20.2 Å². The number of aromatic nitrogens is 2. The Kier molecular flexibility index (Phi) is 8.95. The molecule has 1 saturated carbocycles. The number of hydrogen-bond acceptors (Lipinski definition) is 8. The van der Waals surface area contributed by atoms with Gasteiger partial charge in [-0.1, -0.05) is 51.3 Å². The second-order valence-corrected chi connectivity index (χ2v) is 10.4. The van der Waals surface area contributed by atoms with Crippen molar-refractivity contribution in [3.63, 3.8) is 0 Å². The minimum absolute atomic E-state index is 0.0716. The number of ether oxygens (including phenoxy) is 1. The van der Waals surface area contributed by atoms with E-state index in [4.69, 9.17) is 9.15 Å². The van der Waals surface area contributed by atoms with Crippen LogP contribution in [0, 0.1) is 11.8 Å². The molecule has 3 rings (SSSR count). The number of methoxy groups -OCH3 is 1. The number of nitrogens with one attached hydrogen (secondary N) is 1. The number of nitrogens with zero attached hydrogens (tertiary/aromatic N) is 3. The van der Waals surface area contributed by atoms with Gasteiger partial charge < -0.3 is 19.4 Å². The maximum atomic E-state index is 13.4. The molecule has 1 saturated heterocycles. The van der Waals surface area contributed by atoms with Crippen molar-refractivity contribution in [1.82, 2.24) is 20.4 Å². The molecule has 32 heavy (non-hydrogen) atoms. The molecule has 0 aromatic carbocycles. The van der Waals surface area contributed by atoms with Gasteiger partial charge in [-0.15, -0.1) is 10.2 Å². The summed E-state index contributed by atoms with van der Waals surface area (Å²) in [6, 6.07) is -0.747. The molecule has 9 nitrogen and oxygen atoms in total. The molecule has 1 aliphatic heterocycles. The van der Waals surface area contributed by atoms with Gasteiger partial charge in [0, 0.05) is 24.3 Å². The highest BCUT2D eigenvalue weighted by molar-refractivity contribution is 7.99. The molecular weight excluding hydrogens is 432 g/mol. The second-order valence-electron chi connectivity index (χ2n) is 8.87. The molecule has 2 aliphatic rings. The normalized spacial score (nSPS) is 19.4. The monoisotopic (exact) mass is 466 g/mol. The fourth-order valence-corrected chi connectivity index (χ4v) is 5.06. The molecule has 10 heteroatoms. The Bertz CT molecular complexity index is 783. The largest absolute Gasteiger partial charge is 0.453 e. The highest BCUT2D eigenvalue weighted by atomic mass is 32.2. The van der Waals surface area contributed by atoms with Crippen molar-refractivity contribution in [3.8, 4) is 0 Å². The van der Waals surface area contributed by atoms with Gasteiger partial charge in [0.25, 0.3) is 11.1 Å². The first-order chi connectivity index (χ1) is 15.4. The van der Waals surface area contributed by atoms with Crippen molar-refractivity contribution < 1.29 is 23.5 Å². The van der Waals surface area contributed by atoms with Gasteiger partial charge >= 0.3 is 6.09 Å². The first-order valence-electron chi connectivity index (χ1n) is 11.6. The quantitative estimate of drug-likeness (QED) is 0.368. The van der Waals surface area contributed by atoms with E-state index >= 15 is 0 Å². The number of likely N-dealkylation sites (tertiary alicyclic amines) is 1. The van der Waals surface area contributed by atoms with Crippen LogP contribution in [0.3, 0.4) is 0 Å². The van der Waals surface area contributed by atoms with Crippen LogP contribution < -0.4 is 5.32 Å². The molecule has 1 N–H and O–H groups in total. The zero-order chi connectivity index (χ0) is 23.1. The Labute approximate surface area is 193 Å². The molecule has 1 unspecified atom stereocenters. The van der Waals surface area contributed by atoms with Crippen molar-refractivity contribution in [1.29, 1.82) is 0 Å². The van der Waals surface area contributed by atoms with Gasteiger partial charge in [0.2, 0.25) is 11.7 Å². The third-order valence-corrected chi connectivity index (χ3v) is 7.04. The van der Waals surface area contributed by atoms with Crippen molar-refractivity contribution in [3.05, 3.63) is 5.89 Å². The second kappa shape index (κ2) is 11.7. The zero-order valence-corrected chi connectivity index (χ0v) is 20.0. The molecule has 0 spiro atoms. The van der Waals surface area contributed by atoms with Crippen LogP contribution in [0.5, 0.6) is 0 Å². The van der Waals surface area contributed by atoms with Gasteiger partial charge in [0.1, 0.15) is 6.04 Å². The van der Waals surface area contributed by atoms with E-state index in [1.165, 1.54) is 18.9 Å². The topological polar surface area (TPSA) is 115 Å². The van der Waals surface area contributed by atoms with Gasteiger partial charge in [-0.25, -0.2) is 4.79 Å². The molecule has 178 valence electrons. The van der Waals surface area contributed by atoms with Crippen LogP contribution in [0.15, 0.2) is 9.64 Å². The summed E-state index contributed by atoms with van der Waals surface area (Å²) in [5.41, 5.74) is 0. The Morgan fingerprint density at radius 2 is 1.72 bits per heavy atom. The van der Waals surface area contributed by atoms with Crippen molar-refractivity contribution in [2.24, 2.45) is 11.8 Å². The van der Waals surface area contributed by atoms with Crippen LogP contribution >= 0.6 is 11.8 Å². The summed E-state index contributed by atoms with van der Waals surface area (Å²) < 4.78 is 10.4. The summed E-state index contributed by atoms with van der Waals surface area (Å²) in [7, 11) is 1.36. The average Bonchev–Trinajstić information content (AvgIpc) is 3.07. The smallest absolute Gasteiger partial charge is 0.409 e. The number of hydrogen-bond donors (Lipinski definition) is 1. The lowest BCUT2D eigenvalue weighted by Crippen LogP contribution is -2.51. The highest BCUT2D eigenvalue weighted by Gasteiger charge is 2.38. The van der Waals surface area contributed by atoms with Gasteiger partial charge in [-0.3, -0.25) is 9.59 Å². The summed E-state index contributed by atoms with van der Waals surface area (Å²) in [5, 5.41) is 11.5. The third-order valence-electron chi connectivity index (χ3n) is 6.20. The Morgan fingerprint density at radius 3 is 2.31 bits per heavy atom. The lowest BCUT2D eigenvalue weighted by Gasteiger charge is -2.35. The van der Waals surface area contributed by atoms with Crippen molar-refractivity contribution >= 4 is 29.5 Å². The molecule has 1 aromatic rings. The Hall–Kier alpha value is -2.10. The minimum Gasteiger partial charge on any atom is -0.453 e.